The molecule has 0 spiro atoms. The Kier molecular flexibility index (Phi) is 15.5. The highest BCUT2D eigenvalue weighted by Crippen LogP contribution is 2.52. The number of aryl methyl sites for hydroxylation is 2. The van der Waals surface area contributed by atoms with Crippen LogP contribution < -0.4 is 0 Å². The van der Waals surface area contributed by atoms with Gasteiger partial charge in [0.05, 0.1) is 0 Å². The van der Waals surface area contributed by atoms with Crippen molar-refractivity contribution in [3.63, 3.8) is 0 Å². The summed E-state index contributed by atoms with van der Waals surface area (Å²) in [6.45, 7) is 13.5. The molecule has 0 bridgehead atoms. The van der Waals surface area contributed by atoms with E-state index in [0.29, 0.717) is 0 Å². The van der Waals surface area contributed by atoms with Crippen molar-refractivity contribution < 1.29 is 0 Å². The van der Waals surface area contributed by atoms with Crippen LogP contribution >= 0.6 is 56.7 Å². The fraction of sp³-hybridized carbons (Fsp3) is 0.391. The molecule has 0 fully saturated rings. The van der Waals surface area contributed by atoms with E-state index in [0.717, 1.165) is 86.8 Å². The Labute approximate surface area is 348 Å². The molecule has 0 N–H and O–H groups in total. The molecule has 0 saturated carbocycles. The minimum absolute atomic E-state index is 0.139. The molecule has 0 aliphatic rings. The summed E-state index contributed by atoms with van der Waals surface area (Å²) in [5, 5.41) is 37.9. The lowest BCUT2D eigenvalue weighted by molar-refractivity contribution is 0.871. The van der Waals surface area contributed by atoms with Crippen molar-refractivity contribution in [2.45, 2.75) is 119 Å². The van der Waals surface area contributed by atoms with Crippen LogP contribution in [0.15, 0.2) is 35.4 Å². The van der Waals surface area contributed by atoms with Crippen molar-refractivity contribution in [2.75, 3.05) is 0 Å². The molecule has 0 aromatic carbocycles. The summed E-state index contributed by atoms with van der Waals surface area (Å²) in [6, 6.07) is 17.3. The molecule has 9 heteroatoms. The van der Waals surface area contributed by atoms with E-state index < -0.39 is 0 Å². The molecule has 0 unspecified atom stereocenters. The molecule has 0 saturated heterocycles. The zero-order chi connectivity index (χ0) is 39.5. The zero-order valence-corrected chi connectivity index (χ0v) is 36.9. The average molecular weight is 817 g/mol. The quantitative estimate of drug-likeness (QED) is 0.0823. The Morgan fingerprint density at radius 2 is 0.764 bits per heavy atom. The fourth-order valence-corrected chi connectivity index (χ4v) is 14.0. The smallest absolute Gasteiger partial charge is 0.131 e. The number of hydrogen-bond donors (Lipinski definition) is 0. The molecule has 5 aromatic heterocycles. The van der Waals surface area contributed by atoms with E-state index in [-0.39, 0.29) is 11.1 Å². The largest absolute Gasteiger partial charge is 0.192 e. The Balaban J connectivity index is 1.69. The first-order valence-electron chi connectivity index (χ1n) is 19.5. The van der Waals surface area contributed by atoms with Crippen LogP contribution in [0.5, 0.6) is 0 Å². The maximum atomic E-state index is 9.48. The van der Waals surface area contributed by atoms with Crippen molar-refractivity contribution in [3.05, 3.63) is 78.5 Å². The molecule has 0 amide bonds. The fourth-order valence-electron chi connectivity index (χ4n) is 7.20. The first-order chi connectivity index (χ1) is 26.8. The molecule has 0 aliphatic heterocycles. The number of thiophene rings is 5. The minimum atomic E-state index is 0.139. The summed E-state index contributed by atoms with van der Waals surface area (Å²) in [7, 11) is 0. The SMILES string of the molecule is CCCc1cc(C=C(C#N)C#N)sc1-c1sc(-c2ccc(-c3sc(-c4sc(C=C(C#N)C#N)cc4CCC)c(CCC)c3CCC)s2)c(CCC)c1CCC. The topological polar surface area (TPSA) is 95.2 Å². The first-order valence-corrected chi connectivity index (χ1v) is 23.6. The van der Waals surface area contributed by atoms with Crippen LogP contribution in [0.2, 0.25) is 0 Å². The molecule has 282 valence electrons. The van der Waals surface area contributed by atoms with E-state index >= 15 is 0 Å². The van der Waals surface area contributed by atoms with Gasteiger partial charge in [-0.2, -0.15) is 21.0 Å². The highest BCUT2D eigenvalue weighted by molar-refractivity contribution is 7.30. The van der Waals surface area contributed by atoms with Crippen molar-refractivity contribution >= 4 is 68.8 Å². The molecule has 5 aromatic rings. The Morgan fingerprint density at radius 1 is 0.436 bits per heavy atom. The lowest BCUT2D eigenvalue weighted by atomic mass is 9.97. The van der Waals surface area contributed by atoms with E-state index in [4.69, 9.17) is 0 Å². The number of hydrogen-bond acceptors (Lipinski definition) is 9. The van der Waals surface area contributed by atoms with Crippen molar-refractivity contribution in [1.82, 2.24) is 0 Å². The summed E-state index contributed by atoms with van der Waals surface area (Å²) in [6.07, 6.45) is 15.8. The van der Waals surface area contributed by atoms with Gasteiger partial charge in [0.25, 0.3) is 0 Å². The normalized spacial score (nSPS) is 10.8. The maximum Gasteiger partial charge on any atom is 0.131 e. The van der Waals surface area contributed by atoms with Gasteiger partial charge in [-0.05, 0) is 108 Å². The maximum absolute atomic E-state index is 9.48. The molecular formula is C46H48N4S5. The predicted octanol–water partition coefficient (Wildman–Crippen LogP) is 15.2. The third kappa shape index (κ3) is 9.33. The van der Waals surface area contributed by atoms with E-state index in [9.17, 15) is 21.0 Å². The highest BCUT2D eigenvalue weighted by atomic mass is 32.1. The van der Waals surface area contributed by atoms with Crippen LogP contribution in [0.25, 0.3) is 51.2 Å². The van der Waals surface area contributed by atoms with Crippen molar-refractivity contribution in [3.8, 4) is 63.3 Å². The molecule has 55 heavy (non-hydrogen) atoms. The lowest BCUT2D eigenvalue weighted by Crippen LogP contribution is -1.93. The van der Waals surface area contributed by atoms with Gasteiger partial charge in [0, 0.05) is 48.8 Å². The molecule has 0 atom stereocenters. The van der Waals surface area contributed by atoms with Gasteiger partial charge >= 0.3 is 0 Å². The number of rotatable bonds is 18. The third-order valence-electron chi connectivity index (χ3n) is 9.45. The van der Waals surface area contributed by atoms with Gasteiger partial charge in [-0.15, -0.1) is 56.7 Å². The lowest BCUT2D eigenvalue weighted by Gasteiger charge is -2.08. The molecule has 0 radical (unpaired) electrons. The zero-order valence-electron chi connectivity index (χ0n) is 32.8. The van der Waals surface area contributed by atoms with Crippen LogP contribution in [-0.4, -0.2) is 0 Å². The predicted molar refractivity (Wildman–Crippen MR) is 240 cm³/mol. The first kappa shape index (κ1) is 42.1. The second-order valence-electron chi connectivity index (χ2n) is 13.7. The Hall–Kier alpha value is -4.06. The van der Waals surface area contributed by atoms with Gasteiger partial charge in [-0.1, -0.05) is 80.1 Å². The second-order valence-corrected chi connectivity index (χ2v) is 19.0. The summed E-state index contributed by atoms with van der Waals surface area (Å²) < 4.78 is 0. The highest BCUT2D eigenvalue weighted by Gasteiger charge is 2.26. The van der Waals surface area contributed by atoms with E-state index in [1.807, 2.05) is 58.3 Å². The summed E-state index contributed by atoms with van der Waals surface area (Å²) in [5.41, 5.74) is 8.77. The van der Waals surface area contributed by atoms with Gasteiger partial charge in [-0.3, -0.25) is 0 Å². The van der Waals surface area contributed by atoms with Crippen LogP contribution in [0.4, 0.5) is 0 Å². The number of nitriles is 4. The van der Waals surface area contributed by atoms with Crippen LogP contribution in [0.3, 0.4) is 0 Å². The van der Waals surface area contributed by atoms with Gasteiger partial charge in [0.1, 0.15) is 35.4 Å². The average Bonchev–Trinajstić information content (AvgIpc) is 4.02. The van der Waals surface area contributed by atoms with E-state index in [2.05, 4.69) is 65.8 Å². The van der Waals surface area contributed by atoms with Crippen molar-refractivity contribution in [2.24, 2.45) is 0 Å². The molecule has 0 aliphatic carbocycles. The van der Waals surface area contributed by atoms with Crippen LogP contribution in [0.1, 0.15) is 123 Å². The number of allylic oxidation sites excluding steroid dienone is 2. The standard InChI is InChI=1S/C46H48N4S5/c1-7-13-31-23-33(21-29(25-47)26-48)51-41(31)45-37(17-11-5)35(15-9-3)43(54-45)39-19-20-40(53-39)44-36(16-10-4)38(18-12-6)46(55-44)42-32(14-8-2)24-34(52-42)22-30(27-49)28-50/h19-24H,7-18H2,1-6H3. The summed E-state index contributed by atoms with van der Waals surface area (Å²) >= 11 is 9.23. The van der Waals surface area contributed by atoms with Gasteiger partial charge in [0.15, 0.2) is 0 Å². The minimum Gasteiger partial charge on any atom is -0.192 e. The molecular weight excluding hydrogens is 769 g/mol. The Morgan fingerprint density at radius 3 is 1.07 bits per heavy atom. The van der Waals surface area contributed by atoms with E-state index in [1.165, 1.54) is 72.4 Å². The van der Waals surface area contributed by atoms with Crippen LogP contribution in [-0.2, 0) is 38.5 Å². The van der Waals surface area contributed by atoms with Gasteiger partial charge < -0.3 is 0 Å². The molecule has 4 nitrogen and oxygen atoms in total. The second kappa shape index (κ2) is 20.2. The Bertz CT molecular complexity index is 2160. The molecule has 5 heterocycles. The van der Waals surface area contributed by atoms with Gasteiger partial charge in [0.2, 0.25) is 0 Å². The van der Waals surface area contributed by atoms with Crippen LogP contribution in [0, 0.1) is 45.3 Å². The summed E-state index contributed by atoms with van der Waals surface area (Å²) in [5.74, 6) is 0. The monoisotopic (exact) mass is 816 g/mol. The summed E-state index contributed by atoms with van der Waals surface area (Å²) in [4.78, 5) is 12.6. The number of nitrogens with zero attached hydrogens (tertiary/aromatic N) is 4. The van der Waals surface area contributed by atoms with Crippen molar-refractivity contribution in [1.29, 1.82) is 21.0 Å². The third-order valence-corrected chi connectivity index (χ3v) is 16.0. The van der Waals surface area contributed by atoms with E-state index in [1.54, 1.807) is 34.8 Å². The molecule has 5 rings (SSSR count). The van der Waals surface area contributed by atoms with Gasteiger partial charge in [-0.25, -0.2) is 0 Å².